The average molecular weight is 555 g/mol. The highest BCUT2D eigenvalue weighted by Gasteiger charge is 2.34. The summed E-state index contributed by atoms with van der Waals surface area (Å²) < 4.78 is 10.8. The molecule has 2 N–H and O–H groups in total. The zero-order chi connectivity index (χ0) is 28.9. The fourth-order valence-corrected chi connectivity index (χ4v) is 6.57. The van der Waals surface area contributed by atoms with Crippen molar-refractivity contribution in [1.82, 2.24) is 0 Å². The number of benzene rings is 1. The van der Waals surface area contributed by atoms with Crippen molar-refractivity contribution < 1.29 is 29.3 Å². The highest BCUT2D eigenvalue weighted by molar-refractivity contribution is 5.88. The Bertz CT molecular complexity index is 919. The first-order chi connectivity index (χ1) is 19.4. The standard InChI is InChI=1S/C34H50O6/c1-4-5-6-7-26-8-10-27(11-9-26)28-12-14-29(15-13-28)30-16-18-31(19-17-30)32(22-39-33(37)24(2)20-35)23-40-34(38)25(3)21-36/h8-11,28-32,35-36H,2-7,12-23H2,1H3. The molecule has 0 saturated heterocycles. The first-order valence-electron chi connectivity index (χ1n) is 15.4. The molecule has 0 atom stereocenters. The highest BCUT2D eigenvalue weighted by atomic mass is 16.5. The van der Waals surface area contributed by atoms with E-state index in [0.717, 1.165) is 31.6 Å². The molecule has 2 aliphatic carbocycles. The number of esters is 2. The number of rotatable bonds is 15. The van der Waals surface area contributed by atoms with Crippen LogP contribution in [0.2, 0.25) is 0 Å². The van der Waals surface area contributed by atoms with Gasteiger partial charge in [0.25, 0.3) is 0 Å². The van der Waals surface area contributed by atoms with Crippen LogP contribution in [-0.2, 0) is 25.5 Å². The molecule has 0 heterocycles. The van der Waals surface area contributed by atoms with Gasteiger partial charge in [-0.1, -0.05) is 57.2 Å². The lowest BCUT2D eigenvalue weighted by atomic mass is 9.67. The van der Waals surface area contributed by atoms with Gasteiger partial charge < -0.3 is 19.7 Å². The van der Waals surface area contributed by atoms with Crippen molar-refractivity contribution in [2.75, 3.05) is 26.4 Å². The first kappa shape index (κ1) is 32.1. The van der Waals surface area contributed by atoms with Gasteiger partial charge in [-0.25, -0.2) is 9.59 Å². The van der Waals surface area contributed by atoms with Crippen LogP contribution in [0.3, 0.4) is 0 Å². The molecule has 1 aromatic rings. The summed E-state index contributed by atoms with van der Waals surface area (Å²) in [5.41, 5.74) is 2.97. The summed E-state index contributed by atoms with van der Waals surface area (Å²) >= 11 is 0. The molecule has 0 radical (unpaired) electrons. The van der Waals surface area contributed by atoms with E-state index >= 15 is 0 Å². The molecular formula is C34H50O6. The third kappa shape index (κ3) is 9.59. The maximum absolute atomic E-state index is 12.1. The predicted molar refractivity (Wildman–Crippen MR) is 158 cm³/mol. The number of aryl methyl sites for hydroxylation is 1. The summed E-state index contributed by atoms with van der Waals surface area (Å²) in [5, 5.41) is 18.3. The van der Waals surface area contributed by atoms with E-state index in [1.165, 1.54) is 62.5 Å². The molecule has 0 unspecified atom stereocenters. The lowest BCUT2D eigenvalue weighted by Crippen LogP contribution is -2.33. The Balaban J connectivity index is 1.48. The number of carbonyl (C=O) groups excluding carboxylic acids is 2. The topological polar surface area (TPSA) is 93.1 Å². The van der Waals surface area contributed by atoms with Gasteiger partial charge in [-0.15, -0.1) is 0 Å². The van der Waals surface area contributed by atoms with Crippen LogP contribution in [-0.4, -0.2) is 48.6 Å². The third-order valence-corrected chi connectivity index (χ3v) is 9.26. The summed E-state index contributed by atoms with van der Waals surface area (Å²) in [4.78, 5) is 24.1. The van der Waals surface area contributed by atoms with Gasteiger partial charge in [0.1, 0.15) is 0 Å². The monoisotopic (exact) mass is 554 g/mol. The largest absolute Gasteiger partial charge is 0.462 e. The van der Waals surface area contributed by atoms with Crippen molar-refractivity contribution in [3.05, 3.63) is 59.7 Å². The molecule has 6 nitrogen and oxygen atoms in total. The molecule has 0 spiro atoms. The lowest BCUT2D eigenvalue weighted by molar-refractivity contribution is -0.146. The van der Waals surface area contributed by atoms with Crippen molar-refractivity contribution in [2.45, 2.75) is 89.9 Å². The average Bonchev–Trinajstić information content (AvgIpc) is 3.00. The van der Waals surface area contributed by atoms with Crippen molar-refractivity contribution in [3.8, 4) is 0 Å². The molecule has 0 aliphatic heterocycles. The Labute approximate surface area is 240 Å². The van der Waals surface area contributed by atoms with Gasteiger partial charge in [0.15, 0.2) is 0 Å². The van der Waals surface area contributed by atoms with Gasteiger partial charge in [0, 0.05) is 5.92 Å². The molecule has 0 bridgehead atoms. The van der Waals surface area contributed by atoms with Crippen LogP contribution in [0.1, 0.15) is 94.6 Å². The first-order valence-corrected chi connectivity index (χ1v) is 15.4. The minimum atomic E-state index is -0.629. The lowest BCUT2D eigenvalue weighted by Gasteiger charge is -2.39. The number of ether oxygens (including phenoxy) is 2. The van der Waals surface area contributed by atoms with Crippen molar-refractivity contribution in [1.29, 1.82) is 0 Å². The van der Waals surface area contributed by atoms with Crippen LogP contribution in [0.25, 0.3) is 0 Å². The second kappa shape index (κ2) is 16.7. The number of hydrogen-bond acceptors (Lipinski definition) is 6. The smallest absolute Gasteiger partial charge is 0.335 e. The Morgan fingerprint density at radius 2 is 1.30 bits per heavy atom. The second-order valence-electron chi connectivity index (χ2n) is 12.0. The predicted octanol–water partition coefficient (Wildman–Crippen LogP) is 6.30. The SMILES string of the molecule is C=C(CO)C(=O)OCC(COC(=O)C(=C)CO)C1CCC(C2CCC(c3ccc(CCCCC)cc3)CC2)CC1. The molecule has 3 rings (SSSR count). The summed E-state index contributed by atoms with van der Waals surface area (Å²) in [7, 11) is 0. The van der Waals surface area contributed by atoms with Gasteiger partial charge in [0.05, 0.1) is 37.6 Å². The van der Waals surface area contributed by atoms with Crippen molar-refractivity contribution >= 4 is 11.9 Å². The van der Waals surface area contributed by atoms with Crippen LogP contribution >= 0.6 is 0 Å². The number of hydrogen-bond donors (Lipinski definition) is 2. The minimum absolute atomic E-state index is 0.00614. The Morgan fingerprint density at radius 3 is 1.77 bits per heavy atom. The molecular weight excluding hydrogens is 504 g/mol. The Hall–Kier alpha value is -2.44. The zero-order valence-corrected chi connectivity index (χ0v) is 24.5. The quantitative estimate of drug-likeness (QED) is 0.150. The molecule has 2 aliphatic rings. The number of aliphatic hydroxyl groups is 2. The minimum Gasteiger partial charge on any atom is -0.462 e. The van der Waals surface area contributed by atoms with Crippen molar-refractivity contribution in [3.63, 3.8) is 0 Å². The highest BCUT2D eigenvalue weighted by Crippen LogP contribution is 2.45. The summed E-state index contributed by atoms with van der Waals surface area (Å²) in [6.07, 6.45) is 14.4. The number of unbranched alkanes of at least 4 members (excludes halogenated alkanes) is 2. The number of carbonyl (C=O) groups is 2. The maximum atomic E-state index is 12.1. The van der Waals surface area contributed by atoms with E-state index in [1.807, 2.05) is 0 Å². The van der Waals surface area contributed by atoms with E-state index in [2.05, 4.69) is 44.3 Å². The van der Waals surface area contributed by atoms with Crippen LogP contribution < -0.4 is 0 Å². The van der Waals surface area contributed by atoms with E-state index in [0.29, 0.717) is 11.8 Å². The summed E-state index contributed by atoms with van der Waals surface area (Å²) in [6.45, 7) is 8.61. The fourth-order valence-electron chi connectivity index (χ4n) is 6.57. The molecule has 222 valence electrons. The molecule has 0 aromatic heterocycles. The van der Waals surface area contributed by atoms with E-state index in [4.69, 9.17) is 19.7 Å². The molecule has 2 fully saturated rings. The summed E-state index contributed by atoms with van der Waals surface area (Å²) in [6, 6.07) is 9.40. The zero-order valence-electron chi connectivity index (χ0n) is 24.5. The van der Waals surface area contributed by atoms with Gasteiger partial charge >= 0.3 is 11.9 Å². The molecule has 40 heavy (non-hydrogen) atoms. The van der Waals surface area contributed by atoms with Gasteiger partial charge in [0.2, 0.25) is 0 Å². The van der Waals surface area contributed by atoms with E-state index in [9.17, 15) is 9.59 Å². The van der Waals surface area contributed by atoms with E-state index in [1.54, 1.807) is 0 Å². The second-order valence-corrected chi connectivity index (χ2v) is 12.0. The van der Waals surface area contributed by atoms with Gasteiger partial charge in [-0.3, -0.25) is 0 Å². The fraction of sp³-hybridized carbons (Fsp3) is 0.647. The van der Waals surface area contributed by atoms with Crippen LogP contribution in [0.5, 0.6) is 0 Å². The van der Waals surface area contributed by atoms with E-state index in [-0.39, 0.29) is 36.2 Å². The summed E-state index contributed by atoms with van der Waals surface area (Å²) in [5.74, 6) is 1.02. The van der Waals surface area contributed by atoms with Crippen LogP contribution in [0.4, 0.5) is 0 Å². The third-order valence-electron chi connectivity index (χ3n) is 9.26. The Morgan fingerprint density at radius 1 is 0.800 bits per heavy atom. The van der Waals surface area contributed by atoms with Crippen LogP contribution in [0.15, 0.2) is 48.6 Å². The van der Waals surface area contributed by atoms with E-state index < -0.39 is 25.2 Å². The van der Waals surface area contributed by atoms with Crippen LogP contribution in [0, 0.1) is 23.7 Å². The molecule has 1 aromatic carbocycles. The van der Waals surface area contributed by atoms with Crippen molar-refractivity contribution in [2.24, 2.45) is 23.7 Å². The maximum Gasteiger partial charge on any atom is 0.335 e. The Kier molecular flexibility index (Phi) is 13.4. The molecule has 6 heteroatoms. The van der Waals surface area contributed by atoms with Gasteiger partial charge in [-0.05, 0) is 99.0 Å². The van der Waals surface area contributed by atoms with Gasteiger partial charge in [-0.2, -0.15) is 0 Å². The number of aliphatic hydroxyl groups excluding tert-OH is 2. The molecule has 2 saturated carbocycles. The molecule has 0 amide bonds. The normalized spacial score (nSPS) is 23.0.